The van der Waals surface area contributed by atoms with Crippen LogP contribution < -0.4 is 20.5 Å². The van der Waals surface area contributed by atoms with E-state index >= 15 is 0 Å². The highest BCUT2D eigenvalue weighted by atomic mass is 35.5. The molecule has 1 atom stereocenters. The zero-order chi connectivity index (χ0) is 17.2. The first-order chi connectivity index (χ1) is 10.7. The van der Waals surface area contributed by atoms with E-state index in [1.165, 1.54) is 19.2 Å². The molecule has 0 unspecified atom stereocenters. The van der Waals surface area contributed by atoms with E-state index in [1.54, 1.807) is 6.07 Å². The fourth-order valence-electron chi connectivity index (χ4n) is 1.98. The first-order valence-electron chi connectivity index (χ1n) is 7.51. The Kier molecular flexibility index (Phi) is 7.03. The highest BCUT2D eigenvalue weighted by Crippen LogP contribution is 2.29. The Morgan fingerprint density at radius 1 is 1.33 bits per heavy atom. The maximum atomic E-state index is 12.4. The van der Waals surface area contributed by atoms with Gasteiger partial charge >= 0.3 is 0 Å². The maximum Gasteiger partial charge on any atom is 0.244 e. The Morgan fingerprint density at radius 2 is 1.96 bits per heavy atom. The quantitative estimate of drug-likeness (QED) is 0.666. The van der Waals surface area contributed by atoms with Crippen LogP contribution in [0.1, 0.15) is 26.7 Å². The lowest BCUT2D eigenvalue weighted by molar-refractivity contribution is -0.118. The van der Waals surface area contributed by atoms with Crippen LogP contribution in [0.3, 0.4) is 0 Å². The van der Waals surface area contributed by atoms with Crippen molar-refractivity contribution >= 4 is 34.0 Å². The van der Waals surface area contributed by atoms with Crippen molar-refractivity contribution in [1.29, 1.82) is 0 Å². The summed E-state index contributed by atoms with van der Waals surface area (Å²) in [5.41, 5.74) is 6.16. The minimum atomic E-state index is -3.69. The number of carbonyl (C=O) groups excluding carboxylic acids is 1. The Morgan fingerprint density at radius 3 is 2.46 bits per heavy atom. The van der Waals surface area contributed by atoms with E-state index in [1.807, 2.05) is 13.8 Å². The van der Waals surface area contributed by atoms with Gasteiger partial charge in [-0.25, -0.2) is 13.1 Å². The number of nitrogens with one attached hydrogen (secondary N) is 2. The number of anilines is 1. The van der Waals surface area contributed by atoms with Crippen LogP contribution in [0, 0.1) is 5.92 Å². The van der Waals surface area contributed by atoms with Gasteiger partial charge in [0.1, 0.15) is 10.6 Å². The van der Waals surface area contributed by atoms with Crippen molar-refractivity contribution in [2.75, 3.05) is 12.4 Å². The van der Waals surface area contributed by atoms with Crippen LogP contribution >= 0.6 is 12.4 Å². The number of nitrogens with two attached hydrogens (primary N) is 1. The van der Waals surface area contributed by atoms with E-state index in [9.17, 15) is 13.2 Å². The van der Waals surface area contributed by atoms with Crippen LogP contribution in [0.5, 0.6) is 5.75 Å². The Hall–Kier alpha value is -1.35. The number of methoxy groups -OCH3 is 1. The molecule has 0 saturated heterocycles. The minimum absolute atomic E-state index is 0. The highest BCUT2D eigenvalue weighted by Gasteiger charge is 2.30. The summed E-state index contributed by atoms with van der Waals surface area (Å²) in [5, 5.41) is 2.64. The molecule has 2 rings (SSSR count). The second kappa shape index (κ2) is 8.15. The van der Waals surface area contributed by atoms with E-state index in [0.29, 0.717) is 5.69 Å². The van der Waals surface area contributed by atoms with E-state index in [4.69, 9.17) is 10.5 Å². The van der Waals surface area contributed by atoms with Crippen molar-refractivity contribution < 1.29 is 17.9 Å². The summed E-state index contributed by atoms with van der Waals surface area (Å²) in [6.07, 6.45) is 1.67. The Labute approximate surface area is 148 Å². The third kappa shape index (κ3) is 5.07. The summed E-state index contributed by atoms with van der Waals surface area (Å²) in [6, 6.07) is 3.80. The SMILES string of the molecule is COc1ccc(NC(=O)[C@@H](N)C(C)C)cc1S(=O)(=O)NC1CC1.Cl. The highest BCUT2D eigenvalue weighted by molar-refractivity contribution is 7.89. The van der Waals surface area contributed by atoms with Crippen molar-refractivity contribution in [3.63, 3.8) is 0 Å². The zero-order valence-corrected chi connectivity index (χ0v) is 15.5. The average molecular weight is 378 g/mol. The molecule has 0 spiro atoms. The number of carbonyl (C=O) groups is 1. The minimum Gasteiger partial charge on any atom is -0.495 e. The van der Waals surface area contributed by atoms with E-state index in [0.717, 1.165) is 12.8 Å². The van der Waals surface area contributed by atoms with Crippen LogP contribution in [0.25, 0.3) is 0 Å². The van der Waals surface area contributed by atoms with Crippen molar-refractivity contribution in [3.05, 3.63) is 18.2 Å². The molecule has 1 fully saturated rings. The summed E-state index contributed by atoms with van der Waals surface area (Å²) in [5.74, 6) is -0.152. The lowest BCUT2D eigenvalue weighted by Gasteiger charge is -2.17. The molecule has 4 N–H and O–H groups in total. The van der Waals surface area contributed by atoms with Gasteiger partial charge in [-0.2, -0.15) is 0 Å². The van der Waals surface area contributed by atoms with Gasteiger partial charge in [0.25, 0.3) is 0 Å². The Bertz CT molecular complexity index is 690. The summed E-state index contributed by atoms with van der Waals surface area (Å²) >= 11 is 0. The van der Waals surface area contributed by atoms with E-state index in [2.05, 4.69) is 10.0 Å². The van der Waals surface area contributed by atoms with Gasteiger partial charge in [0.2, 0.25) is 15.9 Å². The van der Waals surface area contributed by atoms with Gasteiger partial charge in [0.05, 0.1) is 13.2 Å². The predicted octanol–water partition coefficient (Wildman–Crippen LogP) is 1.48. The zero-order valence-electron chi connectivity index (χ0n) is 13.9. The largest absolute Gasteiger partial charge is 0.495 e. The van der Waals surface area contributed by atoms with Gasteiger partial charge < -0.3 is 15.8 Å². The number of sulfonamides is 1. The van der Waals surface area contributed by atoms with E-state index in [-0.39, 0.29) is 40.9 Å². The third-order valence-corrected chi connectivity index (χ3v) is 5.18. The van der Waals surface area contributed by atoms with Crippen molar-refractivity contribution in [3.8, 4) is 5.75 Å². The van der Waals surface area contributed by atoms with Gasteiger partial charge in [0.15, 0.2) is 0 Å². The number of ether oxygens (including phenoxy) is 1. The molecule has 1 aliphatic carbocycles. The number of halogens is 1. The second-order valence-electron chi connectivity index (χ2n) is 6.02. The number of amides is 1. The van der Waals surface area contributed by atoms with Gasteiger partial charge in [-0.3, -0.25) is 4.79 Å². The summed E-state index contributed by atoms with van der Waals surface area (Å²) in [4.78, 5) is 12.0. The molecule has 0 aromatic heterocycles. The molecule has 1 aliphatic rings. The van der Waals surface area contributed by atoms with E-state index < -0.39 is 16.1 Å². The van der Waals surface area contributed by atoms with Crippen LogP contribution in [-0.2, 0) is 14.8 Å². The monoisotopic (exact) mass is 377 g/mol. The van der Waals surface area contributed by atoms with Gasteiger partial charge in [-0.1, -0.05) is 13.8 Å². The van der Waals surface area contributed by atoms with Crippen LogP contribution in [0.15, 0.2) is 23.1 Å². The molecule has 7 nitrogen and oxygen atoms in total. The van der Waals surface area contributed by atoms with Crippen LogP contribution in [-0.4, -0.2) is 33.5 Å². The molecule has 0 heterocycles. The summed E-state index contributed by atoms with van der Waals surface area (Å²) < 4.78 is 32.5. The molecule has 136 valence electrons. The molecule has 0 radical (unpaired) electrons. The van der Waals surface area contributed by atoms with Crippen molar-refractivity contribution in [2.45, 2.75) is 43.7 Å². The molecule has 0 bridgehead atoms. The normalized spacial score (nSPS) is 15.5. The van der Waals surface area contributed by atoms with Crippen LogP contribution in [0.4, 0.5) is 5.69 Å². The smallest absolute Gasteiger partial charge is 0.244 e. The second-order valence-corrected chi connectivity index (χ2v) is 7.70. The van der Waals surface area contributed by atoms with Gasteiger partial charge in [0, 0.05) is 11.7 Å². The number of rotatable bonds is 7. The van der Waals surface area contributed by atoms with Gasteiger partial charge in [-0.15, -0.1) is 12.4 Å². The first kappa shape index (κ1) is 20.7. The summed E-state index contributed by atoms with van der Waals surface area (Å²) in [6.45, 7) is 3.68. The fraction of sp³-hybridized carbons (Fsp3) is 0.533. The third-order valence-electron chi connectivity index (χ3n) is 3.64. The lowest BCUT2D eigenvalue weighted by Crippen LogP contribution is -2.39. The molecule has 9 heteroatoms. The molecule has 1 aromatic carbocycles. The molecule has 24 heavy (non-hydrogen) atoms. The molecular formula is C15H24ClN3O4S. The number of benzene rings is 1. The summed E-state index contributed by atoms with van der Waals surface area (Å²) in [7, 11) is -2.29. The van der Waals surface area contributed by atoms with Crippen molar-refractivity contribution in [1.82, 2.24) is 4.72 Å². The van der Waals surface area contributed by atoms with Crippen LogP contribution in [0.2, 0.25) is 0 Å². The lowest BCUT2D eigenvalue weighted by atomic mass is 10.0. The number of hydrogen-bond acceptors (Lipinski definition) is 5. The number of hydrogen-bond donors (Lipinski definition) is 3. The Balaban J connectivity index is 0.00000288. The molecular weight excluding hydrogens is 354 g/mol. The average Bonchev–Trinajstić information content (AvgIpc) is 3.29. The van der Waals surface area contributed by atoms with Gasteiger partial charge in [-0.05, 0) is 37.0 Å². The molecule has 1 amide bonds. The fourth-order valence-corrected chi connectivity index (χ4v) is 3.48. The first-order valence-corrected chi connectivity index (χ1v) is 8.99. The molecule has 1 saturated carbocycles. The maximum absolute atomic E-state index is 12.4. The topological polar surface area (TPSA) is 111 Å². The van der Waals surface area contributed by atoms with Crippen molar-refractivity contribution in [2.24, 2.45) is 11.7 Å². The molecule has 0 aliphatic heterocycles. The predicted molar refractivity (Wildman–Crippen MR) is 95.0 cm³/mol. The molecule has 1 aromatic rings. The standard InChI is InChI=1S/C15H23N3O4S.ClH/c1-9(2)14(16)15(19)17-11-6-7-12(22-3)13(8-11)23(20,21)18-10-4-5-10;/h6-10,14,18H,4-5,16H2,1-3H3,(H,17,19);1H/t14-;/m0./s1.